The first-order chi connectivity index (χ1) is 18.2. The molecule has 0 saturated heterocycles. The van der Waals surface area contributed by atoms with Gasteiger partial charge in [-0.3, -0.25) is 9.36 Å². The summed E-state index contributed by atoms with van der Waals surface area (Å²) in [6.45, 7) is 13.4. The van der Waals surface area contributed by atoms with E-state index in [2.05, 4.69) is 74.4 Å². The highest BCUT2D eigenvalue weighted by atomic mass is 32.2. The van der Waals surface area contributed by atoms with Crippen molar-refractivity contribution in [3.8, 4) is 22.8 Å². The predicted molar refractivity (Wildman–Crippen MR) is 157 cm³/mol. The minimum atomic E-state index is -0.0829. The maximum absolute atomic E-state index is 12.9. The van der Waals surface area contributed by atoms with Gasteiger partial charge in [0.2, 0.25) is 5.91 Å². The third kappa shape index (κ3) is 6.45. The molecule has 0 spiro atoms. The number of nitrogens with zero attached hydrogens (tertiary/aromatic N) is 3. The van der Waals surface area contributed by atoms with Crippen molar-refractivity contribution in [1.82, 2.24) is 14.8 Å². The van der Waals surface area contributed by atoms with Gasteiger partial charge in [0.15, 0.2) is 11.0 Å². The van der Waals surface area contributed by atoms with Gasteiger partial charge in [-0.1, -0.05) is 88.8 Å². The van der Waals surface area contributed by atoms with Crippen LogP contribution in [0.3, 0.4) is 0 Å². The Morgan fingerprint density at radius 2 is 1.66 bits per heavy atom. The number of hydrogen-bond acceptors (Lipinski definition) is 5. The Balaban J connectivity index is 1.62. The topological polar surface area (TPSA) is 69.0 Å². The first-order valence-corrected chi connectivity index (χ1v) is 14.0. The first kappa shape index (κ1) is 27.5. The second kappa shape index (κ2) is 11.9. The van der Waals surface area contributed by atoms with E-state index in [1.807, 2.05) is 60.0 Å². The summed E-state index contributed by atoms with van der Waals surface area (Å²) in [6, 6.07) is 24.2. The highest BCUT2D eigenvalue weighted by molar-refractivity contribution is 7.99. The zero-order valence-electron chi connectivity index (χ0n) is 23.0. The van der Waals surface area contributed by atoms with Crippen molar-refractivity contribution in [2.24, 2.45) is 0 Å². The zero-order valence-corrected chi connectivity index (χ0v) is 23.8. The van der Waals surface area contributed by atoms with Crippen molar-refractivity contribution in [2.75, 3.05) is 17.7 Å². The molecule has 1 aromatic heterocycles. The van der Waals surface area contributed by atoms with E-state index >= 15 is 0 Å². The van der Waals surface area contributed by atoms with E-state index in [4.69, 9.17) is 4.74 Å². The number of anilines is 1. The number of hydrogen-bond donors (Lipinski definition) is 1. The first-order valence-electron chi connectivity index (χ1n) is 13.0. The monoisotopic (exact) mass is 528 g/mol. The summed E-state index contributed by atoms with van der Waals surface area (Å²) in [5, 5.41) is 12.7. The zero-order chi connectivity index (χ0) is 27.3. The van der Waals surface area contributed by atoms with E-state index in [-0.39, 0.29) is 17.1 Å². The van der Waals surface area contributed by atoms with Gasteiger partial charge in [0.25, 0.3) is 0 Å². The van der Waals surface area contributed by atoms with E-state index in [0.29, 0.717) is 17.7 Å². The number of rotatable bonds is 9. The highest BCUT2D eigenvalue weighted by Gasteiger charge is 2.19. The number of carbonyl (C=O) groups excluding carboxylic acids is 1. The Kier molecular flexibility index (Phi) is 8.57. The molecule has 7 heteroatoms. The van der Waals surface area contributed by atoms with Crippen LogP contribution in [0.15, 0.2) is 78.0 Å². The quantitative estimate of drug-likeness (QED) is 0.228. The Morgan fingerprint density at radius 3 is 2.29 bits per heavy atom. The van der Waals surface area contributed by atoms with Crippen LogP contribution >= 0.6 is 11.8 Å². The van der Waals surface area contributed by atoms with Crippen LogP contribution in [-0.2, 0) is 10.2 Å². The Hall–Kier alpha value is -3.58. The maximum Gasteiger partial charge on any atom is 0.234 e. The van der Waals surface area contributed by atoms with Gasteiger partial charge >= 0.3 is 0 Å². The number of nitrogens with one attached hydrogen (secondary N) is 1. The normalized spacial score (nSPS) is 11.6. The van der Waals surface area contributed by atoms with Crippen molar-refractivity contribution in [1.29, 1.82) is 0 Å². The molecule has 4 aromatic rings. The average Bonchev–Trinajstić information content (AvgIpc) is 3.32. The van der Waals surface area contributed by atoms with Crippen LogP contribution in [-0.4, -0.2) is 33.0 Å². The molecule has 0 saturated carbocycles. The Labute approximate surface area is 229 Å². The maximum atomic E-state index is 12.9. The highest BCUT2D eigenvalue weighted by Crippen LogP contribution is 2.31. The van der Waals surface area contributed by atoms with Gasteiger partial charge < -0.3 is 10.1 Å². The van der Waals surface area contributed by atoms with Crippen LogP contribution < -0.4 is 10.1 Å². The number of para-hydroxylation sites is 1. The smallest absolute Gasteiger partial charge is 0.234 e. The van der Waals surface area contributed by atoms with Crippen molar-refractivity contribution in [3.05, 3.63) is 83.9 Å². The second-order valence-corrected chi connectivity index (χ2v) is 11.4. The summed E-state index contributed by atoms with van der Waals surface area (Å²) in [5.74, 6) is 1.97. The van der Waals surface area contributed by atoms with E-state index < -0.39 is 0 Å². The van der Waals surface area contributed by atoms with Crippen LogP contribution in [0.2, 0.25) is 0 Å². The predicted octanol–water partition coefficient (Wildman–Crippen LogP) is 7.48. The summed E-state index contributed by atoms with van der Waals surface area (Å²) in [7, 11) is 0. The standard InChI is InChI=1S/C31H36N4O2S/c1-7-37-25-18-16-24(17-19-25)35-29(22-12-14-23(15-13-22)31(4,5)6)33-34-30(35)38-20-28(36)32-27-11-9-8-10-26(27)21(2)3/h8-19,21H,7,20H2,1-6H3,(H,32,36). The molecular formula is C31H36N4O2S. The van der Waals surface area contributed by atoms with Gasteiger partial charge in [-0.05, 0) is 59.7 Å². The molecule has 0 unspecified atom stereocenters. The van der Waals surface area contributed by atoms with Crippen LogP contribution in [0.4, 0.5) is 5.69 Å². The van der Waals surface area contributed by atoms with Crippen LogP contribution in [0.25, 0.3) is 17.1 Å². The minimum Gasteiger partial charge on any atom is -0.494 e. The molecule has 0 atom stereocenters. The fraction of sp³-hybridized carbons (Fsp3) is 0.323. The number of benzene rings is 3. The molecule has 6 nitrogen and oxygen atoms in total. The van der Waals surface area contributed by atoms with Gasteiger partial charge in [-0.2, -0.15) is 0 Å². The average molecular weight is 529 g/mol. The molecule has 0 radical (unpaired) electrons. The number of carbonyl (C=O) groups is 1. The molecule has 1 heterocycles. The largest absolute Gasteiger partial charge is 0.494 e. The third-order valence-corrected chi connectivity index (χ3v) is 7.17. The fourth-order valence-electron chi connectivity index (χ4n) is 4.19. The van der Waals surface area contributed by atoms with Gasteiger partial charge in [-0.15, -0.1) is 10.2 Å². The SMILES string of the molecule is CCOc1ccc(-n2c(SCC(=O)Nc3ccccc3C(C)C)nnc2-c2ccc(C(C)(C)C)cc2)cc1. The minimum absolute atomic E-state index is 0.0594. The number of ether oxygens (including phenoxy) is 1. The summed E-state index contributed by atoms with van der Waals surface area (Å²) in [4.78, 5) is 12.9. The van der Waals surface area contributed by atoms with E-state index in [0.717, 1.165) is 34.1 Å². The van der Waals surface area contributed by atoms with Crippen LogP contribution in [0.5, 0.6) is 5.75 Å². The molecule has 3 aromatic carbocycles. The molecule has 4 rings (SSSR count). The van der Waals surface area contributed by atoms with E-state index in [1.165, 1.54) is 17.3 Å². The molecule has 198 valence electrons. The molecule has 1 N–H and O–H groups in total. The molecule has 1 amide bonds. The Morgan fingerprint density at radius 1 is 0.974 bits per heavy atom. The van der Waals surface area contributed by atoms with Gasteiger partial charge in [-0.25, -0.2) is 0 Å². The van der Waals surface area contributed by atoms with Gasteiger partial charge in [0, 0.05) is 16.9 Å². The molecule has 0 aliphatic heterocycles. The lowest BCUT2D eigenvalue weighted by Gasteiger charge is -2.19. The fourth-order valence-corrected chi connectivity index (χ4v) is 4.94. The molecule has 0 fully saturated rings. The van der Waals surface area contributed by atoms with Crippen molar-refractivity contribution < 1.29 is 9.53 Å². The molecular weight excluding hydrogens is 492 g/mol. The molecule has 0 aliphatic rings. The summed E-state index contributed by atoms with van der Waals surface area (Å²) >= 11 is 1.37. The van der Waals surface area contributed by atoms with Gasteiger partial charge in [0.05, 0.1) is 12.4 Å². The summed E-state index contributed by atoms with van der Waals surface area (Å²) in [6.07, 6.45) is 0. The van der Waals surface area contributed by atoms with Crippen molar-refractivity contribution >= 4 is 23.4 Å². The number of aromatic nitrogens is 3. The second-order valence-electron chi connectivity index (χ2n) is 10.5. The third-order valence-electron chi connectivity index (χ3n) is 6.24. The van der Waals surface area contributed by atoms with E-state index in [1.54, 1.807) is 0 Å². The summed E-state index contributed by atoms with van der Waals surface area (Å²) < 4.78 is 7.63. The lowest BCUT2D eigenvalue weighted by Crippen LogP contribution is -2.16. The van der Waals surface area contributed by atoms with E-state index in [9.17, 15) is 4.79 Å². The Bertz CT molecular complexity index is 1370. The molecule has 38 heavy (non-hydrogen) atoms. The van der Waals surface area contributed by atoms with Crippen LogP contribution in [0, 0.1) is 0 Å². The number of amides is 1. The summed E-state index contributed by atoms with van der Waals surface area (Å²) in [5.41, 5.74) is 5.14. The number of thioether (sulfide) groups is 1. The molecule has 0 bridgehead atoms. The molecule has 0 aliphatic carbocycles. The lowest BCUT2D eigenvalue weighted by molar-refractivity contribution is -0.113. The lowest BCUT2D eigenvalue weighted by atomic mass is 9.87. The van der Waals surface area contributed by atoms with Gasteiger partial charge in [0.1, 0.15) is 5.75 Å². The van der Waals surface area contributed by atoms with Crippen molar-refractivity contribution in [2.45, 2.75) is 58.0 Å². The van der Waals surface area contributed by atoms with Crippen LogP contribution in [0.1, 0.15) is 58.6 Å². The van der Waals surface area contributed by atoms with Crippen molar-refractivity contribution in [3.63, 3.8) is 0 Å².